The number of aromatic nitrogens is 3. The highest BCUT2D eigenvalue weighted by molar-refractivity contribution is 5.76. The molecule has 88 valence electrons. The first-order valence-electron chi connectivity index (χ1n) is 5.93. The van der Waals surface area contributed by atoms with E-state index in [-0.39, 0.29) is 12.3 Å². The lowest BCUT2D eigenvalue weighted by molar-refractivity contribution is -0.117. The molecule has 5 nitrogen and oxygen atoms in total. The number of nitrogens with two attached hydrogens (primary N) is 1. The molecule has 1 aromatic rings. The number of carbonyl (C=O) groups is 1. The summed E-state index contributed by atoms with van der Waals surface area (Å²) < 4.78 is 1.91. The molecule has 0 unspecified atom stereocenters. The van der Waals surface area contributed by atoms with Gasteiger partial charge in [0.1, 0.15) is 0 Å². The minimum Gasteiger partial charge on any atom is -0.369 e. The Kier molecular flexibility index (Phi) is 3.22. The van der Waals surface area contributed by atoms with Gasteiger partial charge in [-0.25, -0.2) is 4.68 Å². The fourth-order valence-corrected chi connectivity index (χ4v) is 2.53. The standard InChI is InChI=1S/C11H18N4O/c1-2-15-11(8-5-3-4-6-8)9(13-14-15)7-10(12)16/h8H,2-7H2,1H3,(H2,12,16). The number of primary amides is 1. The Morgan fingerprint density at radius 3 is 2.75 bits per heavy atom. The summed E-state index contributed by atoms with van der Waals surface area (Å²) in [6.45, 7) is 2.85. The lowest BCUT2D eigenvalue weighted by Crippen LogP contribution is -2.16. The summed E-state index contributed by atoms with van der Waals surface area (Å²) in [5.74, 6) is 0.187. The third-order valence-corrected chi connectivity index (χ3v) is 3.23. The fraction of sp³-hybridized carbons (Fsp3) is 0.727. The van der Waals surface area contributed by atoms with E-state index < -0.39 is 0 Å². The van der Waals surface area contributed by atoms with Gasteiger partial charge in [0.25, 0.3) is 0 Å². The van der Waals surface area contributed by atoms with Gasteiger partial charge in [0.15, 0.2) is 0 Å². The Balaban J connectivity index is 2.29. The highest BCUT2D eigenvalue weighted by atomic mass is 16.1. The molecule has 1 amide bonds. The van der Waals surface area contributed by atoms with Crippen molar-refractivity contribution in [3.63, 3.8) is 0 Å². The second-order valence-corrected chi connectivity index (χ2v) is 4.36. The van der Waals surface area contributed by atoms with Crippen molar-refractivity contribution in [2.75, 3.05) is 0 Å². The van der Waals surface area contributed by atoms with Crippen LogP contribution < -0.4 is 5.73 Å². The van der Waals surface area contributed by atoms with Gasteiger partial charge in [-0.3, -0.25) is 4.79 Å². The van der Waals surface area contributed by atoms with Gasteiger partial charge in [-0.2, -0.15) is 0 Å². The molecule has 1 aliphatic carbocycles. The molecule has 2 rings (SSSR count). The summed E-state index contributed by atoms with van der Waals surface area (Å²) in [6.07, 6.45) is 5.09. The molecule has 0 saturated heterocycles. The van der Waals surface area contributed by atoms with Crippen LogP contribution in [0.15, 0.2) is 0 Å². The number of rotatable bonds is 4. The molecule has 5 heteroatoms. The van der Waals surface area contributed by atoms with Crippen LogP contribution in [0.25, 0.3) is 0 Å². The quantitative estimate of drug-likeness (QED) is 0.825. The van der Waals surface area contributed by atoms with E-state index in [1.165, 1.54) is 25.7 Å². The van der Waals surface area contributed by atoms with E-state index in [0.717, 1.165) is 17.9 Å². The van der Waals surface area contributed by atoms with Crippen LogP contribution in [0.4, 0.5) is 0 Å². The van der Waals surface area contributed by atoms with Crippen LogP contribution in [0.2, 0.25) is 0 Å². The second-order valence-electron chi connectivity index (χ2n) is 4.36. The minimum absolute atomic E-state index is 0.214. The van der Waals surface area contributed by atoms with Crippen molar-refractivity contribution in [1.29, 1.82) is 0 Å². The third-order valence-electron chi connectivity index (χ3n) is 3.23. The molecule has 1 saturated carbocycles. The fourth-order valence-electron chi connectivity index (χ4n) is 2.53. The predicted octanol–water partition coefficient (Wildman–Crippen LogP) is 0.983. The first kappa shape index (κ1) is 11.1. The van der Waals surface area contributed by atoms with E-state index in [1.807, 2.05) is 11.6 Å². The smallest absolute Gasteiger partial charge is 0.223 e. The maximum absolute atomic E-state index is 11.0. The van der Waals surface area contributed by atoms with E-state index in [2.05, 4.69) is 10.3 Å². The van der Waals surface area contributed by atoms with Crippen LogP contribution in [0.1, 0.15) is 49.9 Å². The van der Waals surface area contributed by atoms with Crippen LogP contribution in [0.3, 0.4) is 0 Å². The van der Waals surface area contributed by atoms with Gasteiger partial charge >= 0.3 is 0 Å². The van der Waals surface area contributed by atoms with Crippen LogP contribution in [-0.2, 0) is 17.8 Å². The molecule has 16 heavy (non-hydrogen) atoms. The predicted molar refractivity (Wildman–Crippen MR) is 59.8 cm³/mol. The molecule has 0 aromatic carbocycles. The average molecular weight is 222 g/mol. The lowest BCUT2D eigenvalue weighted by atomic mass is 10.0. The Labute approximate surface area is 95.0 Å². The monoisotopic (exact) mass is 222 g/mol. The van der Waals surface area contributed by atoms with Gasteiger partial charge in [0, 0.05) is 12.5 Å². The zero-order valence-electron chi connectivity index (χ0n) is 9.65. The summed E-state index contributed by atoms with van der Waals surface area (Å²) in [6, 6.07) is 0. The Morgan fingerprint density at radius 2 is 2.19 bits per heavy atom. The summed E-state index contributed by atoms with van der Waals surface area (Å²) in [5.41, 5.74) is 7.14. The third kappa shape index (κ3) is 2.08. The lowest BCUT2D eigenvalue weighted by Gasteiger charge is -2.12. The molecule has 0 atom stereocenters. The van der Waals surface area contributed by atoms with Gasteiger partial charge in [-0.15, -0.1) is 5.10 Å². The van der Waals surface area contributed by atoms with E-state index in [4.69, 9.17) is 5.73 Å². The second kappa shape index (κ2) is 4.63. The Bertz CT molecular complexity index is 379. The zero-order valence-corrected chi connectivity index (χ0v) is 9.65. The zero-order chi connectivity index (χ0) is 11.5. The van der Waals surface area contributed by atoms with Crippen molar-refractivity contribution in [3.8, 4) is 0 Å². The number of amides is 1. The molecule has 1 heterocycles. The van der Waals surface area contributed by atoms with Crippen LogP contribution in [0.5, 0.6) is 0 Å². The number of nitrogens with zero attached hydrogens (tertiary/aromatic N) is 3. The van der Waals surface area contributed by atoms with Crippen LogP contribution >= 0.6 is 0 Å². The van der Waals surface area contributed by atoms with Gasteiger partial charge < -0.3 is 5.73 Å². The number of carbonyl (C=O) groups excluding carboxylic acids is 1. The Hall–Kier alpha value is -1.39. The molecule has 0 bridgehead atoms. The summed E-state index contributed by atoms with van der Waals surface area (Å²) in [5, 5.41) is 8.18. The minimum atomic E-state index is -0.331. The molecule has 1 fully saturated rings. The van der Waals surface area contributed by atoms with Crippen molar-refractivity contribution >= 4 is 5.91 Å². The summed E-state index contributed by atoms with van der Waals surface area (Å²) in [4.78, 5) is 11.0. The molecule has 0 spiro atoms. The molecular formula is C11H18N4O. The topological polar surface area (TPSA) is 73.8 Å². The normalized spacial score (nSPS) is 16.8. The highest BCUT2D eigenvalue weighted by Crippen LogP contribution is 2.35. The molecule has 2 N–H and O–H groups in total. The van der Waals surface area contributed by atoms with Gasteiger partial charge in [-0.05, 0) is 19.8 Å². The molecule has 0 radical (unpaired) electrons. The average Bonchev–Trinajstić information content (AvgIpc) is 2.84. The van der Waals surface area contributed by atoms with Gasteiger partial charge in [-0.1, -0.05) is 18.1 Å². The van der Waals surface area contributed by atoms with Crippen molar-refractivity contribution in [2.24, 2.45) is 5.73 Å². The van der Waals surface area contributed by atoms with Gasteiger partial charge in [0.2, 0.25) is 5.91 Å². The van der Waals surface area contributed by atoms with Crippen LogP contribution in [-0.4, -0.2) is 20.9 Å². The van der Waals surface area contributed by atoms with E-state index >= 15 is 0 Å². The summed E-state index contributed by atoms with van der Waals surface area (Å²) in [7, 11) is 0. The molecule has 0 aliphatic heterocycles. The maximum atomic E-state index is 11.0. The number of hydrogen-bond acceptors (Lipinski definition) is 3. The number of hydrogen-bond donors (Lipinski definition) is 1. The molecular weight excluding hydrogens is 204 g/mol. The largest absolute Gasteiger partial charge is 0.369 e. The first-order chi connectivity index (χ1) is 7.72. The first-order valence-corrected chi connectivity index (χ1v) is 5.93. The van der Waals surface area contributed by atoms with E-state index in [9.17, 15) is 4.79 Å². The van der Waals surface area contributed by atoms with Crippen LogP contribution in [0, 0.1) is 0 Å². The van der Waals surface area contributed by atoms with E-state index in [1.54, 1.807) is 0 Å². The number of aryl methyl sites for hydroxylation is 1. The molecule has 1 aromatic heterocycles. The SMILES string of the molecule is CCn1nnc(CC(N)=O)c1C1CCCC1. The van der Waals surface area contributed by atoms with Crippen molar-refractivity contribution in [2.45, 2.75) is 51.5 Å². The van der Waals surface area contributed by atoms with Crippen molar-refractivity contribution in [1.82, 2.24) is 15.0 Å². The van der Waals surface area contributed by atoms with Crippen molar-refractivity contribution < 1.29 is 4.79 Å². The van der Waals surface area contributed by atoms with Gasteiger partial charge in [0.05, 0.1) is 17.8 Å². The maximum Gasteiger partial charge on any atom is 0.223 e. The van der Waals surface area contributed by atoms with E-state index in [0.29, 0.717) is 5.92 Å². The highest BCUT2D eigenvalue weighted by Gasteiger charge is 2.25. The molecule has 1 aliphatic rings. The summed E-state index contributed by atoms with van der Waals surface area (Å²) >= 11 is 0. The van der Waals surface area contributed by atoms with Crippen molar-refractivity contribution in [3.05, 3.63) is 11.4 Å². The Morgan fingerprint density at radius 1 is 1.50 bits per heavy atom.